The maximum atomic E-state index is 13.4. The van der Waals surface area contributed by atoms with Crippen molar-refractivity contribution in [3.63, 3.8) is 0 Å². The van der Waals surface area contributed by atoms with Gasteiger partial charge in [0.2, 0.25) is 0 Å². The first-order valence-corrected chi connectivity index (χ1v) is 12.5. The minimum absolute atomic E-state index is 0.0755. The number of benzene rings is 4. The minimum atomic E-state index is -1.27. The third-order valence-corrected chi connectivity index (χ3v) is 6.35. The van der Waals surface area contributed by atoms with Crippen molar-refractivity contribution < 1.29 is 43.6 Å². The number of para-hydroxylation sites is 4. The normalized spacial score (nSPS) is 10.5. The van der Waals surface area contributed by atoms with Gasteiger partial charge in [0.1, 0.15) is 45.3 Å². The SMILES string of the molecule is Cc1cccc(C(=O)Oc2c(C)cccc2C(=O)Oc2c(C)cccc2C(=O)Oc2c(C)cccc2C(=O)O)c1O. The van der Waals surface area contributed by atoms with Crippen molar-refractivity contribution >= 4 is 23.9 Å². The van der Waals surface area contributed by atoms with Crippen LogP contribution >= 0.6 is 0 Å². The summed E-state index contributed by atoms with van der Waals surface area (Å²) < 4.78 is 16.7. The van der Waals surface area contributed by atoms with Crippen LogP contribution in [-0.4, -0.2) is 34.1 Å². The molecule has 4 rings (SSSR count). The molecule has 4 aromatic rings. The molecule has 0 fully saturated rings. The Balaban J connectivity index is 1.66. The van der Waals surface area contributed by atoms with E-state index in [0.29, 0.717) is 22.3 Å². The van der Waals surface area contributed by atoms with Gasteiger partial charge in [-0.25, -0.2) is 19.2 Å². The van der Waals surface area contributed by atoms with E-state index in [1.807, 2.05) is 0 Å². The highest BCUT2D eigenvalue weighted by Gasteiger charge is 2.26. The molecular weight excluding hydrogens is 528 g/mol. The molecule has 0 aliphatic rings. The summed E-state index contributed by atoms with van der Waals surface area (Å²) in [4.78, 5) is 51.2. The number of esters is 3. The summed E-state index contributed by atoms with van der Waals surface area (Å²) in [5, 5.41) is 19.8. The molecule has 0 heterocycles. The highest BCUT2D eigenvalue weighted by Crippen LogP contribution is 2.32. The molecule has 9 heteroatoms. The highest BCUT2D eigenvalue weighted by molar-refractivity contribution is 6.01. The van der Waals surface area contributed by atoms with Crippen molar-refractivity contribution in [3.05, 3.63) is 117 Å². The average Bonchev–Trinajstić information content (AvgIpc) is 2.93. The molecule has 0 radical (unpaired) electrons. The summed E-state index contributed by atoms with van der Waals surface area (Å²) in [6, 6.07) is 18.2. The zero-order chi connectivity index (χ0) is 29.8. The molecule has 9 nitrogen and oxygen atoms in total. The van der Waals surface area contributed by atoms with E-state index in [9.17, 15) is 29.4 Å². The van der Waals surface area contributed by atoms with Gasteiger partial charge in [-0.1, -0.05) is 48.5 Å². The zero-order valence-electron chi connectivity index (χ0n) is 22.7. The lowest BCUT2D eigenvalue weighted by Crippen LogP contribution is -2.18. The second-order valence-electron chi connectivity index (χ2n) is 9.30. The van der Waals surface area contributed by atoms with E-state index >= 15 is 0 Å². The first kappa shape index (κ1) is 28.6. The van der Waals surface area contributed by atoms with E-state index < -0.39 is 23.9 Å². The Morgan fingerprint density at radius 2 is 0.805 bits per heavy atom. The van der Waals surface area contributed by atoms with Crippen molar-refractivity contribution in [1.29, 1.82) is 0 Å². The number of rotatable bonds is 7. The van der Waals surface area contributed by atoms with Gasteiger partial charge in [0.25, 0.3) is 0 Å². The van der Waals surface area contributed by atoms with Crippen LogP contribution in [0.15, 0.2) is 72.8 Å². The summed E-state index contributed by atoms with van der Waals surface area (Å²) in [5.41, 5.74) is 1.29. The third kappa shape index (κ3) is 5.94. The fraction of sp³-hybridized carbons (Fsp3) is 0.125. The number of hydrogen-bond donors (Lipinski definition) is 2. The molecule has 0 unspecified atom stereocenters. The van der Waals surface area contributed by atoms with Crippen LogP contribution in [-0.2, 0) is 0 Å². The second kappa shape index (κ2) is 11.7. The molecule has 0 atom stereocenters. The van der Waals surface area contributed by atoms with Crippen molar-refractivity contribution in [3.8, 4) is 23.0 Å². The third-order valence-electron chi connectivity index (χ3n) is 6.35. The Hall–Kier alpha value is -5.44. The number of carbonyl (C=O) groups excluding carboxylic acids is 3. The highest BCUT2D eigenvalue weighted by atomic mass is 16.6. The van der Waals surface area contributed by atoms with Crippen molar-refractivity contribution in [2.75, 3.05) is 0 Å². The fourth-order valence-corrected chi connectivity index (χ4v) is 4.12. The molecule has 0 saturated heterocycles. The number of carboxylic acid groups (broad SMARTS) is 1. The molecule has 0 aliphatic carbocycles. The largest absolute Gasteiger partial charge is 0.507 e. The van der Waals surface area contributed by atoms with E-state index in [-0.39, 0.29) is 45.3 Å². The van der Waals surface area contributed by atoms with Gasteiger partial charge in [-0.15, -0.1) is 0 Å². The Morgan fingerprint density at radius 3 is 1.22 bits per heavy atom. The molecule has 0 amide bonds. The summed E-state index contributed by atoms with van der Waals surface area (Å²) in [6.07, 6.45) is 0. The Kier molecular flexibility index (Phi) is 8.19. The average molecular weight is 555 g/mol. The van der Waals surface area contributed by atoms with E-state index in [1.54, 1.807) is 70.2 Å². The fourth-order valence-electron chi connectivity index (χ4n) is 4.12. The lowest BCUT2D eigenvalue weighted by Gasteiger charge is -2.16. The number of carboxylic acids is 1. The lowest BCUT2D eigenvalue weighted by molar-refractivity contribution is 0.0676. The summed E-state index contributed by atoms with van der Waals surface area (Å²) in [7, 11) is 0. The molecule has 0 aliphatic heterocycles. The number of hydrogen-bond acceptors (Lipinski definition) is 8. The van der Waals surface area contributed by atoms with Gasteiger partial charge in [0.15, 0.2) is 0 Å². The quantitative estimate of drug-likeness (QED) is 0.209. The van der Waals surface area contributed by atoms with Crippen molar-refractivity contribution in [2.24, 2.45) is 0 Å². The van der Waals surface area contributed by atoms with Gasteiger partial charge in [-0.2, -0.15) is 0 Å². The number of carbonyl (C=O) groups is 4. The molecule has 0 saturated carbocycles. The predicted octanol–water partition coefficient (Wildman–Crippen LogP) is 5.98. The Bertz CT molecular complexity index is 1700. The second-order valence-corrected chi connectivity index (χ2v) is 9.30. The number of aryl methyl sites for hydroxylation is 4. The van der Waals surface area contributed by atoms with Crippen LogP contribution in [0.3, 0.4) is 0 Å². The molecule has 208 valence electrons. The monoisotopic (exact) mass is 554 g/mol. The van der Waals surface area contributed by atoms with Crippen LogP contribution in [0.2, 0.25) is 0 Å². The molecule has 0 bridgehead atoms. The smallest absolute Gasteiger partial charge is 0.347 e. The minimum Gasteiger partial charge on any atom is -0.507 e. The molecule has 41 heavy (non-hydrogen) atoms. The van der Waals surface area contributed by atoms with E-state index in [4.69, 9.17) is 14.2 Å². The number of ether oxygens (including phenoxy) is 3. The van der Waals surface area contributed by atoms with Crippen molar-refractivity contribution in [1.82, 2.24) is 0 Å². The summed E-state index contributed by atoms with van der Waals surface area (Å²) in [6.45, 7) is 6.49. The first-order valence-electron chi connectivity index (χ1n) is 12.5. The standard InChI is InChI=1S/C32H26O9/c1-17-9-5-13-21(25(17)33)30(36)40-27-19(3)11-7-15-23(27)32(38)41-28-20(4)12-8-16-24(28)31(37)39-26-18(2)10-6-14-22(26)29(34)35/h5-16,33H,1-4H3,(H,34,35). The maximum Gasteiger partial charge on any atom is 0.347 e. The lowest BCUT2D eigenvalue weighted by atomic mass is 10.1. The Labute approximate surface area is 235 Å². The van der Waals surface area contributed by atoms with Crippen LogP contribution in [0, 0.1) is 27.7 Å². The number of phenolic OH excluding ortho intramolecular Hbond substituents is 1. The van der Waals surface area contributed by atoms with Crippen LogP contribution in [0.4, 0.5) is 0 Å². The van der Waals surface area contributed by atoms with Gasteiger partial charge in [-0.05, 0) is 74.2 Å². The van der Waals surface area contributed by atoms with Crippen LogP contribution in [0.25, 0.3) is 0 Å². The number of phenols is 1. The molecule has 4 aromatic carbocycles. The van der Waals surface area contributed by atoms with Gasteiger partial charge < -0.3 is 24.4 Å². The summed E-state index contributed by atoms with van der Waals surface area (Å²) in [5.74, 6) is -4.55. The Morgan fingerprint density at radius 1 is 0.488 bits per heavy atom. The van der Waals surface area contributed by atoms with Gasteiger partial charge in [-0.3, -0.25) is 0 Å². The zero-order valence-corrected chi connectivity index (χ0v) is 22.7. The molecule has 0 aromatic heterocycles. The van der Waals surface area contributed by atoms with E-state index in [1.165, 1.54) is 30.3 Å². The van der Waals surface area contributed by atoms with Gasteiger partial charge >= 0.3 is 23.9 Å². The first-order chi connectivity index (χ1) is 19.5. The van der Waals surface area contributed by atoms with Gasteiger partial charge in [0, 0.05) is 0 Å². The molecule has 2 N–H and O–H groups in total. The van der Waals surface area contributed by atoms with Crippen molar-refractivity contribution in [2.45, 2.75) is 27.7 Å². The maximum absolute atomic E-state index is 13.4. The van der Waals surface area contributed by atoms with Crippen LogP contribution < -0.4 is 14.2 Å². The number of aromatic hydroxyl groups is 1. The van der Waals surface area contributed by atoms with Crippen LogP contribution in [0.5, 0.6) is 23.0 Å². The summed E-state index contributed by atoms with van der Waals surface area (Å²) >= 11 is 0. The van der Waals surface area contributed by atoms with E-state index in [0.717, 1.165) is 0 Å². The van der Waals surface area contributed by atoms with E-state index in [2.05, 4.69) is 0 Å². The number of aromatic carboxylic acids is 1. The molecule has 0 spiro atoms. The van der Waals surface area contributed by atoms with Gasteiger partial charge in [0.05, 0.1) is 0 Å². The predicted molar refractivity (Wildman–Crippen MR) is 148 cm³/mol. The topological polar surface area (TPSA) is 136 Å². The molecular formula is C32H26O9. The van der Waals surface area contributed by atoms with Crippen LogP contribution in [0.1, 0.15) is 63.7 Å².